The third kappa shape index (κ3) is 4.49. The van der Waals surface area contributed by atoms with E-state index in [4.69, 9.17) is 31.0 Å². The van der Waals surface area contributed by atoms with Crippen molar-refractivity contribution in [2.24, 2.45) is 5.16 Å². The van der Waals surface area contributed by atoms with Crippen LogP contribution in [0.5, 0.6) is 11.5 Å². The summed E-state index contributed by atoms with van der Waals surface area (Å²) in [6, 6.07) is 3.36. The zero-order valence-electron chi connectivity index (χ0n) is 11.9. The van der Waals surface area contributed by atoms with Gasteiger partial charge in [0.15, 0.2) is 11.5 Å². The van der Waals surface area contributed by atoms with Gasteiger partial charge in [0.05, 0.1) is 31.6 Å². The quantitative estimate of drug-likeness (QED) is 0.493. The van der Waals surface area contributed by atoms with E-state index in [9.17, 15) is 0 Å². The van der Waals surface area contributed by atoms with Crippen molar-refractivity contribution in [3.05, 3.63) is 22.7 Å². The SMILES string of the molecule is COc1cc(C=NO)cc(Cl)c1OCCN1CCOCC1. The van der Waals surface area contributed by atoms with Crippen LogP contribution in [0.2, 0.25) is 5.02 Å². The molecule has 0 radical (unpaired) electrons. The van der Waals surface area contributed by atoms with Crippen LogP contribution in [0.4, 0.5) is 0 Å². The highest BCUT2D eigenvalue weighted by molar-refractivity contribution is 6.32. The van der Waals surface area contributed by atoms with Crippen molar-refractivity contribution in [2.75, 3.05) is 46.6 Å². The summed E-state index contributed by atoms with van der Waals surface area (Å²) in [6.45, 7) is 4.69. The molecule has 1 aromatic rings. The molecule has 0 aromatic heterocycles. The van der Waals surface area contributed by atoms with Gasteiger partial charge in [0.2, 0.25) is 0 Å². The number of morpholine rings is 1. The molecule has 1 saturated heterocycles. The van der Waals surface area contributed by atoms with Gasteiger partial charge in [-0.25, -0.2) is 0 Å². The summed E-state index contributed by atoms with van der Waals surface area (Å²) >= 11 is 6.19. The molecule has 116 valence electrons. The van der Waals surface area contributed by atoms with E-state index in [2.05, 4.69) is 10.1 Å². The van der Waals surface area contributed by atoms with Gasteiger partial charge in [0.25, 0.3) is 0 Å². The molecular formula is C14H19ClN2O4. The van der Waals surface area contributed by atoms with Crippen LogP contribution in [-0.4, -0.2) is 62.9 Å². The Morgan fingerprint density at radius 1 is 1.43 bits per heavy atom. The minimum atomic E-state index is 0.422. The second-order valence-corrected chi connectivity index (χ2v) is 4.99. The summed E-state index contributed by atoms with van der Waals surface area (Å²) in [4.78, 5) is 2.27. The first kappa shape index (κ1) is 15.9. The predicted octanol–water partition coefficient (Wildman–Crippen LogP) is 1.87. The summed E-state index contributed by atoms with van der Waals surface area (Å²) in [5.74, 6) is 1.02. The number of rotatable bonds is 6. The Morgan fingerprint density at radius 3 is 2.86 bits per heavy atom. The zero-order chi connectivity index (χ0) is 15.1. The lowest BCUT2D eigenvalue weighted by Crippen LogP contribution is -2.38. The molecule has 21 heavy (non-hydrogen) atoms. The molecule has 1 N–H and O–H groups in total. The molecule has 6 nitrogen and oxygen atoms in total. The summed E-state index contributed by atoms with van der Waals surface area (Å²) in [7, 11) is 1.54. The van der Waals surface area contributed by atoms with Gasteiger partial charge in [-0.05, 0) is 12.1 Å². The van der Waals surface area contributed by atoms with E-state index in [0.717, 1.165) is 32.8 Å². The first-order chi connectivity index (χ1) is 10.2. The van der Waals surface area contributed by atoms with Gasteiger partial charge in [-0.3, -0.25) is 4.90 Å². The number of hydrogen-bond acceptors (Lipinski definition) is 6. The van der Waals surface area contributed by atoms with Crippen LogP contribution in [0.1, 0.15) is 5.56 Å². The fourth-order valence-electron chi connectivity index (χ4n) is 2.12. The van der Waals surface area contributed by atoms with Crippen LogP contribution in [0.15, 0.2) is 17.3 Å². The van der Waals surface area contributed by atoms with Crippen LogP contribution in [-0.2, 0) is 4.74 Å². The Labute approximate surface area is 128 Å². The van der Waals surface area contributed by atoms with E-state index in [-0.39, 0.29) is 0 Å². The summed E-state index contributed by atoms with van der Waals surface area (Å²) < 4.78 is 16.3. The van der Waals surface area contributed by atoms with Crippen molar-refractivity contribution >= 4 is 17.8 Å². The number of oxime groups is 1. The zero-order valence-corrected chi connectivity index (χ0v) is 12.7. The fraction of sp³-hybridized carbons (Fsp3) is 0.500. The van der Waals surface area contributed by atoms with E-state index >= 15 is 0 Å². The van der Waals surface area contributed by atoms with Crippen LogP contribution < -0.4 is 9.47 Å². The van der Waals surface area contributed by atoms with Gasteiger partial charge in [0, 0.05) is 25.2 Å². The average Bonchev–Trinajstić information content (AvgIpc) is 2.50. The number of halogens is 1. The van der Waals surface area contributed by atoms with Crippen LogP contribution >= 0.6 is 11.6 Å². The van der Waals surface area contributed by atoms with Gasteiger partial charge >= 0.3 is 0 Å². The minimum absolute atomic E-state index is 0.422. The second kappa shape index (κ2) is 8.07. The molecule has 0 amide bonds. The maximum atomic E-state index is 8.57. The largest absolute Gasteiger partial charge is 0.493 e. The van der Waals surface area contributed by atoms with E-state index in [1.165, 1.54) is 6.21 Å². The van der Waals surface area contributed by atoms with E-state index < -0.39 is 0 Å². The number of benzene rings is 1. The molecule has 0 bridgehead atoms. The van der Waals surface area contributed by atoms with Crippen LogP contribution in [0.25, 0.3) is 0 Å². The average molecular weight is 315 g/mol. The topological polar surface area (TPSA) is 63.5 Å². The Hall–Kier alpha value is -1.50. The molecule has 0 saturated carbocycles. The number of ether oxygens (including phenoxy) is 3. The Morgan fingerprint density at radius 2 is 2.19 bits per heavy atom. The molecule has 0 aliphatic carbocycles. The van der Waals surface area contributed by atoms with Crippen molar-refractivity contribution in [1.29, 1.82) is 0 Å². The highest BCUT2D eigenvalue weighted by Gasteiger charge is 2.14. The van der Waals surface area contributed by atoms with Gasteiger partial charge in [0.1, 0.15) is 6.61 Å². The predicted molar refractivity (Wildman–Crippen MR) is 80.1 cm³/mol. The first-order valence-corrected chi connectivity index (χ1v) is 7.10. The molecular weight excluding hydrogens is 296 g/mol. The highest BCUT2D eigenvalue weighted by atomic mass is 35.5. The molecule has 0 atom stereocenters. The standard InChI is InChI=1S/C14H19ClN2O4/c1-19-13-9-11(10-16-18)8-12(15)14(13)21-7-4-17-2-5-20-6-3-17/h8-10,18H,2-7H2,1H3. The molecule has 1 aromatic carbocycles. The lowest BCUT2D eigenvalue weighted by molar-refractivity contribution is 0.0321. The first-order valence-electron chi connectivity index (χ1n) is 6.72. The van der Waals surface area contributed by atoms with Crippen LogP contribution in [0.3, 0.4) is 0 Å². The lowest BCUT2D eigenvalue weighted by atomic mass is 10.2. The van der Waals surface area contributed by atoms with E-state index in [1.807, 2.05) is 0 Å². The third-order valence-electron chi connectivity index (χ3n) is 3.22. The monoisotopic (exact) mass is 314 g/mol. The van der Waals surface area contributed by atoms with E-state index in [1.54, 1.807) is 19.2 Å². The second-order valence-electron chi connectivity index (χ2n) is 4.58. The maximum Gasteiger partial charge on any atom is 0.179 e. The van der Waals surface area contributed by atoms with Gasteiger partial charge in [-0.2, -0.15) is 0 Å². The third-order valence-corrected chi connectivity index (χ3v) is 3.50. The van der Waals surface area contributed by atoms with Crippen LogP contribution in [0, 0.1) is 0 Å². The molecule has 7 heteroatoms. The molecule has 0 spiro atoms. The molecule has 1 heterocycles. The molecule has 0 unspecified atom stereocenters. The minimum Gasteiger partial charge on any atom is -0.493 e. The van der Waals surface area contributed by atoms with Gasteiger partial charge in [-0.1, -0.05) is 16.8 Å². The Bertz CT molecular complexity index is 490. The highest BCUT2D eigenvalue weighted by Crippen LogP contribution is 2.36. The van der Waals surface area contributed by atoms with Crippen molar-refractivity contribution < 1.29 is 19.4 Å². The number of nitrogens with zero attached hydrogens (tertiary/aromatic N) is 2. The van der Waals surface area contributed by atoms with Crippen molar-refractivity contribution in [2.45, 2.75) is 0 Å². The van der Waals surface area contributed by atoms with Crippen molar-refractivity contribution in [3.8, 4) is 11.5 Å². The lowest BCUT2D eigenvalue weighted by Gasteiger charge is -2.26. The maximum absolute atomic E-state index is 8.57. The Balaban J connectivity index is 1.98. The summed E-state index contributed by atoms with van der Waals surface area (Å²) in [5.41, 5.74) is 0.639. The number of hydrogen-bond donors (Lipinski definition) is 1. The molecule has 2 rings (SSSR count). The number of methoxy groups -OCH3 is 1. The normalized spacial score (nSPS) is 16.3. The Kier molecular flexibility index (Phi) is 6.10. The van der Waals surface area contributed by atoms with Gasteiger partial charge in [-0.15, -0.1) is 0 Å². The smallest absolute Gasteiger partial charge is 0.179 e. The molecule has 1 fully saturated rings. The van der Waals surface area contributed by atoms with E-state index in [0.29, 0.717) is 28.7 Å². The molecule has 1 aliphatic rings. The summed E-state index contributed by atoms with van der Waals surface area (Å²) in [6.07, 6.45) is 1.28. The summed E-state index contributed by atoms with van der Waals surface area (Å²) in [5, 5.41) is 12.0. The van der Waals surface area contributed by atoms with Crippen molar-refractivity contribution in [3.63, 3.8) is 0 Å². The molecule has 1 aliphatic heterocycles. The van der Waals surface area contributed by atoms with Gasteiger partial charge < -0.3 is 19.4 Å². The van der Waals surface area contributed by atoms with Crippen molar-refractivity contribution in [1.82, 2.24) is 4.90 Å². The fourth-order valence-corrected chi connectivity index (χ4v) is 2.40.